The highest BCUT2D eigenvalue weighted by molar-refractivity contribution is 7.89. The number of rotatable bonds is 10. The summed E-state index contributed by atoms with van der Waals surface area (Å²) in [5.41, 5.74) is 0.812. The number of hydrogen-bond donors (Lipinski definition) is 3. The number of nitrogens with zero attached hydrogens (tertiary/aromatic N) is 1. The molecule has 0 spiro atoms. The molecule has 8 heteroatoms. The molecule has 1 aromatic carbocycles. The molecule has 0 radical (unpaired) electrons. The summed E-state index contributed by atoms with van der Waals surface area (Å²) < 4.78 is 28.2. The number of benzene rings is 1. The highest BCUT2D eigenvalue weighted by Gasteiger charge is 2.08. The quantitative estimate of drug-likeness (QED) is 0.332. The molecule has 0 aliphatic rings. The van der Waals surface area contributed by atoms with Gasteiger partial charge in [0.1, 0.15) is 0 Å². The van der Waals surface area contributed by atoms with Crippen LogP contribution in [-0.4, -0.2) is 41.2 Å². The molecule has 0 bridgehead atoms. The molecule has 4 N–H and O–H groups in total. The lowest BCUT2D eigenvalue weighted by atomic mass is 10.2. The van der Waals surface area contributed by atoms with Crippen LogP contribution in [0.15, 0.2) is 34.2 Å². The van der Waals surface area contributed by atoms with E-state index in [1.807, 2.05) is 6.07 Å². The lowest BCUT2D eigenvalue weighted by Gasteiger charge is -2.12. The number of nitrogens with one attached hydrogen (secondary N) is 2. The normalized spacial score (nSPS) is 12.2. The van der Waals surface area contributed by atoms with Crippen molar-refractivity contribution >= 4 is 16.0 Å². The second-order valence-corrected chi connectivity index (χ2v) is 6.93. The van der Waals surface area contributed by atoms with Crippen LogP contribution in [0.4, 0.5) is 0 Å². The topological polar surface area (TPSA) is 106 Å². The molecule has 0 fully saturated rings. The van der Waals surface area contributed by atoms with Crippen LogP contribution in [0.5, 0.6) is 0 Å². The van der Waals surface area contributed by atoms with Gasteiger partial charge in [-0.15, -0.1) is 0 Å². The molecule has 7 nitrogen and oxygen atoms in total. The minimum Gasteiger partial charge on any atom is -0.381 e. The Kier molecular flexibility index (Phi) is 9.36. The predicted octanol–water partition coefficient (Wildman–Crippen LogP) is 1.21. The van der Waals surface area contributed by atoms with Gasteiger partial charge in [0.25, 0.3) is 0 Å². The van der Waals surface area contributed by atoms with Crippen LogP contribution in [0.2, 0.25) is 0 Å². The molecule has 0 aliphatic heterocycles. The molecular weight excluding hydrogens is 328 g/mol. The number of nitrogens with two attached hydrogens (primary N) is 1. The first-order valence-corrected chi connectivity index (χ1v) is 9.66. The van der Waals surface area contributed by atoms with Gasteiger partial charge in [-0.2, -0.15) is 0 Å². The molecule has 24 heavy (non-hydrogen) atoms. The smallest absolute Gasteiger partial charge is 0.238 e. The highest BCUT2D eigenvalue weighted by Crippen LogP contribution is 2.09. The average molecular weight is 356 g/mol. The second kappa shape index (κ2) is 11.0. The van der Waals surface area contributed by atoms with Crippen LogP contribution in [0.3, 0.4) is 0 Å². The van der Waals surface area contributed by atoms with Crippen LogP contribution in [0, 0.1) is 0 Å². The van der Waals surface area contributed by atoms with Crippen LogP contribution >= 0.6 is 0 Å². The molecule has 136 valence electrons. The van der Waals surface area contributed by atoms with Crippen molar-refractivity contribution in [3.63, 3.8) is 0 Å². The predicted molar refractivity (Wildman–Crippen MR) is 96.4 cm³/mol. The van der Waals surface area contributed by atoms with Crippen LogP contribution in [0.25, 0.3) is 0 Å². The SMILES string of the molecule is CCCCOCCCNC(=NC)NCc1cccc(S(N)(=O)=O)c1. The molecule has 1 rings (SSSR count). The number of guanidine groups is 1. The molecule has 0 aromatic heterocycles. The van der Waals surface area contributed by atoms with Gasteiger partial charge < -0.3 is 15.4 Å². The van der Waals surface area contributed by atoms with E-state index in [-0.39, 0.29) is 4.90 Å². The Morgan fingerprint density at radius 1 is 1.25 bits per heavy atom. The monoisotopic (exact) mass is 356 g/mol. The summed E-state index contributed by atoms with van der Waals surface area (Å²) in [5, 5.41) is 11.5. The van der Waals surface area contributed by atoms with Gasteiger partial charge in [-0.1, -0.05) is 25.5 Å². The van der Waals surface area contributed by atoms with Gasteiger partial charge in [0.15, 0.2) is 5.96 Å². The van der Waals surface area contributed by atoms with Gasteiger partial charge in [0.2, 0.25) is 10.0 Å². The third-order valence-electron chi connectivity index (χ3n) is 3.31. The fourth-order valence-corrected chi connectivity index (χ4v) is 2.55. The van der Waals surface area contributed by atoms with E-state index in [1.54, 1.807) is 19.2 Å². The third-order valence-corrected chi connectivity index (χ3v) is 4.22. The van der Waals surface area contributed by atoms with Crippen LogP contribution < -0.4 is 15.8 Å². The van der Waals surface area contributed by atoms with E-state index in [0.29, 0.717) is 12.5 Å². The van der Waals surface area contributed by atoms with Crippen molar-refractivity contribution in [2.24, 2.45) is 10.1 Å². The molecule has 1 aromatic rings. The van der Waals surface area contributed by atoms with Crippen LogP contribution in [0.1, 0.15) is 31.7 Å². The van der Waals surface area contributed by atoms with Gasteiger partial charge in [0.05, 0.1) is 4.90 Å². The minimum absolute atomic E-state index is 0.106. The van der Waals surface area contributed by atoms with Crippen molar-refractivity contribution in [2.75, 3.05) is 26.8 Å². The molecule has 0 atom stereocenters. The molecule has 0 unspecified atom stereocenters. The number of primary sulfonamides is 1. The zero-order valence-corrected chi connectivity index (χ0v) is 15.2. The van der Waals surface area contributed by atoms with Crippen molar-refractivity contribution in [2.45, 2.75) is 37.6 Å². The molecule has 0 saturated carbocycles. The third kappa shape index (κ3) is 8.28. The first-order valence-electron chi connectivity index (χ1n) is 8.11. The maximum atomic E-state index is 11.4. The summed E-state index contributed by atoms with van der Waals surface area (Å²) in [4.78, 5) is 4.24. The lowest BCUT2D eigenvalue weighted by molar-refractivity contribution is 0.129. The Morgan fingerprint density at radius 2 is 2.00 bits per heavy atom. The summed E-state index contributed by atoms with van der Waals surface area (Å²) in [6, 6.07) is 6.53. The second-order valence-electron chi connectivity index (χ2n) is 5.36. The van der Waals surface area contributed by atoms with E-state index in [4.69, 9.17) is 9.88 Å². The fraction of sp³-hybridized carbons (Fsp3) is 0.562. The van der Waals surface area contributed by atoms with Crippen molar-refractivity contribution < 1.29 is 13.2 Å². The summed E-state index contributed by atoms with van der Waals surface area (Å²) >= 11 is 0. The lowest BCUT2D eigenvalue weighted by Crippen LogP contribution is -2.37. The van der Waals surface area contributed by atoms with Crippen molar-refractivity contribution in [3.05, 3.63) is 29.8 Å². The van der Waals surface area contributed by atoms with Crippen molar-refractivity contribution in [3.8, 4) is 0 Å². The molecule has 0 heterocycles. The van der Waals surface area contributed by atoms with E-state index in [1.165, 1.54) is 6.07 Å². The fourth-order valence-electron chi connectivity index (χ4n) is 1.97. The van der Waals surface area contributed by atoms with Gasteiger partial charge in [-0.3, -0.25) is 4.99 Å². The minimum atomic E-state index is -3.68. The number of sulfonamides is 1. The number of ether oxygens (including phenoxy) is 1. The number of unbranched alkanes of at least 4 members (excludes halogenated alkanes) is 1. The maximum Gasteiger partial charge on any atom is 0.238 e. The Balaban J connectivity index is 2.34. The van der Waals surface area contributed by atoms with Crippen molar-refractivity contribution in [1.29, 1.82) is 0 Å². The summed E-state index contributed by atoms with van der Waals surface area (Å²) in [7, 11) is -2.00. The molecule has 0 saturated heterocycles. The van der Waals surface area contributed by atoms with E-state index >= 15 is 0 Å². The zero-order valence-electron chi connectivity index (χ0n) is 14.4. The summed E-state index contributed by atoms with van der Waals surface area (Å²) in [6.45, 7) is 4.88. The summed E-state index contributed by atoms with van der Waals surface area (Å²) in [6.07, 6.45) is 3.13. The maximum absolute atomic E-state index is 11.4. The molecule has 0 amide bonds. The molecule has 0 aliphatic carbocycles. The van der Waals surface area contributed by atoms with Gasteiger partial charge in [-0.05, 0) is 30.5 Å². The van der Waals surface area contributed by atoms with E-state index in [2.05, 4.69) is 22.5 Å². The highest BCUT2D eigenvalue weighted by atomic mass is 32.2. The number of aliphatic imine (C=N–C) groups is 1. The Hall–Kier alpha value is -1.64. The van der Waals surface area contributed by atoms with Gasteiger partial charge >= 0.3 is 0 Å². The largest absolute Gasteiger partial charge is 0.381 e. The Morgan fingerprint density at radius 3 is 2.67 bits per heavy atom. The first-order chi connectivity index (χ1) is 11.5. The summed E-state index contributed by atoms with van der Waals surface area (Å²) in [5.74, 6) is 0.657. The zero-order chi connectivity index (χ0) is 17.8. The van der Waals surface area contributed by atoms with Crippen LogP contribution in [-0.2, 0) is 21.3 Å². The van der Waals surface area contributed by atoms with E-state index < -0.39 is 10.0 Å². The van der Waals surface area contributed by atoms with E-state index in [0.717, 1.165) is 44.6 Å². The average Bonchev–Trinajstić information content (AvgIpc) is 2.56. The molecular formula is C16H28N4O3S. The Labute approximate surface area is 144 Å². The van der Waals surface area contributed by atoms with Crippen molar-refractivity contribution in [1.82, 2.24) is 10.6 Å². The number of hydrogen-bond acceptors (Lipinski definition) is 4. The van der Waals surface area contributed by atoms with E-state index in [9.17, 15) is 8.42 Å². The Bertz CT molecular complexity index is 618. The standard InChI is InChI=1S/C16H28N4O3S/c1-3-4-10-23-11-6-9-19-16(18-2)20-13-14-7-5-8-15(12-14)24(17,21)22/h5,7-8,12H,3-4,6,9-11,13H2,1-2H3,(H2,17,21,22)(H2,18,19,20). The first kappa shape index (κ1) is 20.4. The van der Waals surface area contributed by atoms with Gasteiger partial charge in [-0.25, -0.2) is 13.6 Å². The van der Waals surface area contributed by atoms with Gasteiger partial charge in [0, 0.05) is 33.4 Å².